The number of carbonyl (C=O) groups is 1. The average Bonchev–Trinajstić information content (AvgIpc) is 3.12. The maximum absolute atomic E-state index is 12.6. The van der Waals surface area contributed by atoms with Crippen LogP contribution in [0.1, 0.15) is 40.0 Å². The van der Waals surface area contributed by atoms with Crippen molar-refractivity contribution >= 4 is 39.0 Å². The fourth-order valence-corrected chi connectivity index (χ4v) is 4.37. The second-order valence-electron chi connectivity index (χ2n) is 6.95. The molecule has 0 bridgehead atoms. The number of fused-ring (bicyclic) bond motifs is 3. The summed E-state index contributed by atoms with van der Waals surface area (Å²) in [5.41, 5.74) is 7.70. The Morgan fingerprint density at radius 1 is 1.17 bits per heavy atom. The lowest BCUT2D eigenvalue weighted by atomic mass is 9.95. The molecule has 4 rings (SSSR count). The van der Waals surface area contributed by atoms with Gasteiger partial charge < -0.3 is 14.5 Å². The van der Waals surface area contributed by atoms with Gasteiger partial charge in [-0.15, -0.1) is 0 Å². The summed E-state index contributed by atoms with van der Waals surface area (Å²) in [6, 6.07) is 9.36. The topological polar surface area (TPSA) is 75.7 Å². The van der Waals surface area contributed by atoms with Crippen LogP contribution in [-0.2, 0) is 12.8 Å². The van der Waals surface area contributed by atoms with Crippen molar-refractivity contribution in [3.8, 4) is 11.5 Å². The number of nitrogens with one attached hydrogen (secondary N) is 2. The van der Waals surface area contributed by atoms with Gasteiger partial charge in [-0.05, 0) is 77.5 Å². The number of hydrogen-bond donors (Lipinski definition) is 2. The fourth-order valence-electron chi connectivity index (χ4n) is 3.78. The van der Waals surface area contributed by atoms with E-state index in [-0.39, 0.29) is 5.91 Å². The van der Waals surface area contributed by atoms with E-state index in [9.17, 15) is 4.79 Å². The summed E-state index contributed by atoms with van der Waals surface area (Å²) in [5, 5.41) is 5.24. The zero-order chi connectivity index (χ0) is 20.4. The van der Waals surface area contributed by atoms with Gasteiger partial charge in [0.25, 0.3) is 5.91 Å². The van der Waals surface area contributed by atoms with Crippen molar-refractivity contribution in [2.24, 2.45) is 5.10 Å². The van der Waals surface area contributed by atoms with E-state index < -0.39 is 0 Å². The minimum absolute atomic E-state index is 0.245. The monoisotopic (exact) mass is 455 g/mol. The number of H-pyrrole nitrogens is 1. The molecule has 1 aliphatic carbocycles. The van der Waals surface area contributed by atoms with Crippen molar-refractivity contribution < 1.29 is 14.3 Å². The number of amides is 1. The number of aryl methyl sites for hydroxylation is 2. The first-order valence-corrected chi connectivity index (χ1v) is 10.3. The van der Waals surface area contributed by atoms with E-state index in [1.807, 2.05) is 24.3 Å². The van der Waals surface area contributed by atoms with Gasteiger partial charge in [-0.2, -0.15) is 5.10 Å². The maximum Gasteiger partial charge on any atom is 0.271 e. The number of methoxy groups -OCH3 is 2. The summed E-state index contributed by atoms with van der Waals surface area (Å²) in [6.07, 6.45) is 6.12. The van der Waals surface area contributed by atoms with Crippen LogP contribution in [0, 0.1) is 0 Å². The summed E-state index contributed by atoms with van der Waals surface area (Å²) in [6.45, 7) is 0. The molecule has 0 saturated heterocycles. The number of nitrogens with zero attached hydrogens (tertiary/aromatic N) is 1. The van der Waals surface area contributed by atoms with E-state index in [2.05, 4.69) is 31.4 Å². The van der Waals surface area contributed by atoms with Gasteiger partial charge in [0.15, 0.2) is 11.5 Å². The van der Waals surface area contributed by atoms with Crippen LogP contribution in [0.4, 0.5) is 0 Å². The van der Waals surface area contributed by atoms with E-state index in [1.165, 1.54) is 24.1 Å². The number of carbonyl (C=O) groups excluding carboxylic acids is 1. The van der Waals surface area contributed by atoms with Gasteiger partial charge in [0.1, 0.15) is 0 Å². The number of aromatic amines is 1. The van der Waals surface area contributed by atoms with E-state index in [4.69, 9.17) is 9.47 Å². The lowest BCUT2D eigenvalue weighted by molar-refractivity contribution is 0.0955. The summed E-state index contributed by atoms with van der Waals surface area (Å²) in [4.78, 5) is 16.1. The van der Waals surface area contributed by atoms with Crippen molar-refractivity contribution in [1.29, 1.82) is 0 Å². The van der Waals surface area contributed by atoms with E-state index in [1.54, 1.807) is 26.5 Å². The highest BCUT2D eigenvalue weighted by atomic mass is 79.9. The Morgan fingerprint density at radius 2 is 2.00 bits per heavy atom. The summed E-state index contributed by atoms with van der Waals surface area (Å²) in [5.74, 6) is 0.944. The maximum atomic E-state index is 12.6. The molecular weight excluding hydrogens is 434 g/mol. The molecule has 1 aromatic heterocycles. The molecule has 0 spiro atoms. The second kappa shape index (κ2) is 8.29. The van der Waals surface area contributed by atoms with Gasteiger partial charge in [0, 0.05) is 27.7 Å². The van der Waals surface area contributed by atoms with Crippen LogP contribution in [0.2, 0.25) is 0 Å². The largest absolute Gasteiger partial charge is 0.493 e. The summed E-state index contributed by atoms with van der Waals surface area (Å²) >= 11 is 3.49. The highest BCUT2D eigenvalue weighted by Crippen LogP contribution is 2.36. The molecule has 3 aromatic rings. The molecule has 0 atom stereocenters. The van der Waals surface area contributed by atoms with Gasteiger partial charge in [-0.25, -0.2) is 5.43 Å². The molecule has 1 aliphatic rings. The molecule has 150 valence electrons. The van der Waals surface area contributed by atoms with Crippen molar-refractivity contribution in [3.05, 3.63) is 57.2 Å². The number of aromatic nitrogens is 1. The molecule has 1 heterocycles. The highest BCUT2D eigenvalue weighted by Gasteiger charge is 2.17. The van der Waals surface area contributed by atoms with Crippen molar-refractivity contribution in [2.75, 3.05) is 14.2 Å². The van der Waals surface area contributed by atoms with Crippen LogP contribution < -0.4 is 14.9 Å². The van der Waals surface area contributed by atoms with Crippen molar-refractivity contribution in [2.45, 2.75) is 25.7 Å². The lowest BCUT2D eigenvalue weighted by Crippen LogP contribution is -2.17. The highest BCUT2D eigenvalue weighted by molar-refractivity contribution is 9.10. The first-order chi connectivity index (χ1) is 14.1. The third kappa shape index (κ3) is 3.74. The molecule has 0 fully saturated rings. The molecule has 29 heavy (non-hydrogen) atoms. The molecule has 1 amide bonds. The molecule has 0 unspecified atom stereocenters. The van der Waals surface area contributed by atoms with Gasteiger partial charge in [0.2, 0.25) is 0 Å². The molecule has 0 radical (unpaired) electrons. The number of rotatable bonds is 5. The minimum Gasteiger partial charge on any atom is -0.493 e. The van der Waals surface area contributed by atoms with Gasteiger partial charge in [-0.3, -0.25) is 4.79 Å². The minimum atomic E-state index is -0.245. The molecule has 0 saturated carbocycles. The Labute approximate surface area is 177 Å². The van der Waals surface area contributed by atoms with Crippen LogP contribution in [0.5, 0.6) is 11.5 Å². The first-order valence-electron chi connectivity index (χ1n) is 9.49. The second-order valence-corrected chi connectivity index (χ2v) is 7.75. The average molecular weight is 456 g/mol. The predicted octanol–water partition coefficient (Wildman–Crippen LogP) is 4.59. The molecular formula is C22H22BrN3O3. The zero-order valence-electron chi connectivity index (χ0n) is 16.3. The van der Waals surface area contributed by atoms with Crippen LogP contribution in [-0.4, -0.2) is 31.3 Å². The predicted molar refractivity (Wildman–Crippen MR) is 117 cm³/mol. The molecule has 2 aromatic carbocycles. The Kier molecular flexibility index (Phi) is 5.58. The van der Waals surface area contributed by atoms with Gasteiger partial charge >= 0.3 is 0 Å². The number of halogens is 1. The summed E-state index contributed by atoms with van der Waals surface area (Å²) < 4.78 is 11.3. The lowest BCUT2D eigenvalue weighted by Gasteiger charge is -2.11. The van der Waals surface area contributed by atoms with Crippen LogP contribution >= 0.6 is 15.9 Å². The Morgan fingerprint density at radius 3 is 2.79 bits per heavy atom. The summed E-state index contributed by atoms with van der Waals surface area (Å²) in [7, 11) is 3.15. The smallest absolute Gasteiger partial charge is 0.271 e. The van der Waals surface area contributed by atoms with Gasteiger partial charge in [0.05, 0.1) is 24.9 Å². The van der Waals surface area contributed by atoms with Crippen LogP contribution in [0.25, 0.3) is 10.9 Å². The standard InChI is InChI=1S/C22H22BrN3O3/c1-28-19-10-8-14(20(23)21(19)29-2)12-24-26-22(27)13-7-9-18-16(11-13)15-5-3-4-6-17(15)25-18/h7-12,25H,3-6H2,1-2H3,(H,26,27)/b24-12-. The number of hydrogen-bond acceptors (Lipinski definition) is 4. The van der Waals surface area contributed by atoms with Gasteiger partial charge in [-0.1, -0.05) is 0 Å². The number of hydrazone groups is 1. The Bertz CT molecular complexity index is 1100. The van der Waals surface area contributed by atoms with E-state index >= 15 is 0 Å². The van der Waals surface area contributed by atoms with Crippen molar-refractivity contribution in [3.63, 3.8) is 0 Å². The van der Waals surface area contributed by atoms with Crippen molar-refractivity contribution in [1.82, 2.24) is 10.4 Å². The third-order valence-electron chi connectivity index (χ3n) is 5.24. The third-order valence-corrected chi connectivity index (χ3v) is 6.06. The zero-order valence-corrected chi connectivity index (χ0v) is 17.9. The van der Waals surface area contributed by atoms with Crippen LogP contribution in [0.3, 0.4) is 0 Å². The quantitative estimate of drug-likeness (QED) is 0.436. The van der Waals surface area contributed by atoms with E-state index in [0.29, 0.717) is 21.5 Å². The first kappa shape index (κ1) is 19.5. The number of ether oxygens (including phenoxy) is 2. The molecule has 0 aliphatic heterocycles. The van der Waals surface area contributed by atoms with Crippen LogP contribution in [0.15, 0.2) is 39.9 Å². The molecule has 6 nitrogen and oxygen atoms in total. The fraction of sp³-hybridized carbons (Fsp3) is 0.273. The molecule has 7 heteroatoms. The SMILES string of the molecule is COc1ccc(/C=N\NC(=O)c2ccc3[nH]c4c(c3c2)CCCC4)c(Br)c1OC. The Balaban J connectivity index is 1.53. The molecule has 2 N–H and O–H groups in total. The van der Waals surface area contributed by atoms with E-state index in [0.717, 1.165) is 29.3 Å². The Hall–Kier alpha value is -2.80. The normalized spacial score (nSPS) is 13.5. The number of benzene rings is 2.